The molecule has 0 aromatic carbocycles. The maximum Gasteiger partial charge on any atom is 0.393 e. The molecule has 0 saturated carbocycles. The molecule has 0 spiro atoms. The van der Waals surface area contributed by atoms with Gasteiger partial charge in [-0.25, -0.2) is 15.0 Å². The Labute approximate surface area is 177 Å². The standard InChI is InChI=1S/C18H26N5O7P/c1-4-17(5-2,29-31(27)18(26,6-3)30-31)8-12-10(24)11(25)16(28-12)23-14(8)22-9-13(19)20-7-21-15(9)23/h7-8,10-12,16,24-26H,4-6H2,1-3H3,(H2,19,20,21). The van der Waals surface area contributed by atoms with E-state index in [1.807, 2.05) is 13.8 Å². The third-order valence-corrected chi connectivity index (χ3v) is 9.10. The molecular formula is C18H26N5O7P. The molecule has 2 saturated heterocycles. The number of aliphatic hydroxyl groups excluding tert-OH is 2. The van der Waals surface area contributed by atoms with E-state index in [0.29, 0.717) is 29.8 Å². The third-order valence-electron chi connectivity index (χ3n) is 6.86. The lowest BCUT2D eigenvalue weighted by Gasteiger charge is -2.43. The van der Waals surface area contributed by atoms with Gasteiger partial charge in [0.2, 0.25) is 0 Å². The van der Waals surface area contributed by atoms with Gasteiger partial charge in [-0.15, -0.1) is 0 Å². The van der Waals surface area contributed by atoms with Crippen LogP contribution in [0.4, 0.5) is 5.82 Å². The fourth-order valence-corrected chi connectivity index (χ4v) is 7.00. The van der Waals surface area contributed by atoms with Gasteiger partial charge in [0.25, 0.3) is 5.53 Å². The minimum Gasteiger partial charge on any atom is -0.387 e. The first-order valence-electron chi connectivity index (χ1n) is 10.4. The molecule has 12 nitrogen and oxygen atoms in total. The van der Waals surface area contributed by atoms with Crippen molar-refractivity contribution in [2.45, 2.75) is 81.6 Å². The van der Waals surface area contributed by atoms with Crippen LogP contribution in [0.1, 0.15) is 58.0 Å². The predicted octanol–water partition coefficient (Wildman–Crippen LogP) is 0.980. The summed E-state index contributed by atoms with van der Waals surface area (Å²) >= 11 is 0. The van der Waals surface area contributed by atoms with Gasteiger partial charge in [0, 0.05) is 6.42 Å². The van der Waals surface area contributed by atoms with E-state index in [4.69, 9.17) is 19.5 Å². The van der Waals surface area contributed by atoms with Crippen LogP contribution in [0.3, 0.4) is 0 Å². The molecule has 0 amide bonds. The lowest BCUT2D eigenvalue weighted by molar-refractivity contribution is -0.110. The van der Waals surface area contributed by atoms with Gasteiger partial charge in [-0.3, -0.25) is 18.2 Å². The number of imidazole rings is 1. The van der Waals surface area contributed by atoms with Gasteiger partial charge in [0.1, 0.15) is 30.5 Å². The van der Waals surface area contributed by atoms with E-state index in [-0.39, 0.29) is 12.2 Å². The lowest BCUT2D eigenvalue weighted by Crippen LogP contribution is -2.49. The van der Waals surface area contributed by atoms with Crippen molar-refractivity contribution in [3.05, 3.63) is 12.2 Å². The number of hydrogen-bond donors (Lipinski definition) is 4. The molecule has 2 aromatic heterocycles. The van der Waals surface area contributed by atoms with Crippen molar-refractivity contribution >= 4 is 24.6 Å². The highest BCUT2D eigenvalue weighted by Gasteiger charge is 2.72. The van der Waals surface area contributed by atoms with Crippen molar-refractivity contribution < 1.29 is 33.7 Å². The van der Waals surface area contributed by atoms with Crippen LogP contribution in [0.15, 0.2) is 6.33 Å². The van der Waals surface area contributed by atoms with Crippen LogP contribution in [-0.2, 0) is 18.3 Å². The Balaban J connectivity index is 1.70. The summed E-state index contributed by atoms with van der Waals surface area (Å²) in [5.74, 6) is -0.165. The Bertz CT molecular complexity index is 1090. The first-order chi connectivity index (χ1) is 14.6. The predicted molar refractivity (Wildman–Crippen MR) is 107 cm³/mol. The summed E-state index contributed by atoms with van der Waals surface area (Å²) in [6.07, 6.45) is -2.21. The number of aromatic nitrogens is 4. The minimum absolute atomic E-state index is 0.104. The summed E-state index contributed by atoms with van der Waals surface area (Å²) in [6.45, 7) is 5.33. The van der Waals surface area contributed by atoms with Gasteiger partial charge < -0.3 is 25.8 Å². The van der Waals surface area contributed by atoms with Crippen molar-refractivity contribution in [3.8, 4) is 0 Å². The third kappa shape index (κ3) is 2.64. The van der Waals surface area contributed by atoms with E-state index in [9.17, 15) is 19.9 Å². The summed E-state index contributed by atoms with van der Waals surface area (Å²) in [5.41, 5.74) is 3.68. The summed E-state index contributed by atoms with van der Waals surface area (Å²) < 4.78 is 32.0. The molecule has 7 unspecified atom stereocenters. The second kappa shape index (κ2) is 6.67. The molecule has 0 aliphatic carbocycles. The Morgan fingerprint density at radius 2 is 2.00 bits per heavy atom. The van der Waals surface area contributed by atoms with Gasteiger partial charge in [-0.05, 0) is 12.8 Å². The topological polar surface area (TPSA) is 178 Å². The van der Waals surface area contributed by atoms with Crippen molar-refractivity contribution in [1.29, 1.82) is 0 Å². The quantitative estimate of drug-likeness (QED) is 0.360. The molecule has 5 heterocycles. The van der Waals surface area contributed by atoms with E-state index in [2.05, 4.69) is 15.0 Å². The van der Waals surface area contributed by atoms with E-state index in [0.717, 1.165) is 0 Å². The number of aliphatic hydroxyl groups is 3. The smallest absolute Gasteiger partial charge is 0.387 e. The van der Waals surface area contributed by atoms with Crippen molar-refractivity contribution in [3.63, 3.8) is 0 Å². The number of nitrogens with two attached hydrogens (primary N) is 1. The van der Waals surface area contributed by atoms with Crippen LogP contribution in [0, 0.1) is 0 Å². The monoisotopic (exact) mass is 455 g/mol. The van der Waals surface area contributed by atoms with Crippen LogP contribution in [0.25, 0.3) is 11.2 Å². The highest BCUT2D eigenvalue weighted by Crippen LogP contribution is 2.80. The molecule has 2 aromatic rings. The van der Waals surface area contributed by atoms with Crippen molar-refractivity contribution in [2.75, 3.05) is 5.73 Å². The molecule has 13 heteroatoms. The van der Waals surface area contributed by atoms with Crippen LogP contribution in [-0.4, -0.2) is 64.3 Å². The summed E-state index contributed by atoms with van der Waals surface area (Å²) in [7, 11) is -3.81. The minimum atomic E-state index is -3.81. The van der Waals surface area contributed by atoms with E-state index in [1.54, 1.807) is 11.5 Å². The summed E-state index contributed by atoms with van der Waals surface area (Å²) in [6, 6.07) is 0. The number of ether oxygens (including phenoxy) is 1. The van der Waals surface area contributed by atoms with Crippen LogP contribution in [0.2, 0.25) is 0 Å². The van der Waals surface area contributed by atoms with E-state index in [1.165, 1.54) is 6.33 Å². The molecule has 0 radical (unpaired) electrons. The van der Waals surface area contributed by atoms with E-state index < -0.39 is 49.2 Å². The van der Waals surface area contributed by atoms with Gasteiger partial charge in [-0.2, -0.15) is 0 Å². The maximum atomic E-state index is 13.2. The highest BCUT2D eigenvalue weighted by molar-refractivity contribution is 7.61. The SMILES string of the molecule is CCC(CC)(OP1(=O)OC1(O)CC)C1c2nc3c(N)ncnc3n2C2OC1C(O)C2O. The zero-order valence-electron chi connectivity index (χ0n) is 17.4. The molecule has 2 fully saturated rings. The largest absolute Gasteiger partial charge is 0.393 e. The summed E-state index contributed by atoms with van der Waals surface area (Å²) in [5, 5.41) is 31.9. The normalized spacial score (nSPS) is 39.1. The Kier molecular flexibility index (Phi) is 4.56. The van der Waals surface area contributed by atoms with E-state index >= 15 is 0 Å². The molecule has 3 aliphatic rings. The maximum absolute atomic E-state index is 13.2. The molecule has 3 aliphatic heterocycles. The van der Waals surface area contributed by atoms with Crippen molar-refractivity contribution in [2.24, 2.45) is 0 Å². The number of rotatable bonds is 6. The average Bonchev–Trinajstić information content (AvgIpc) is 3.01. The fraction of sp³-hybridized carbons (Fsp3) is 0.722. The molecule has 170 valence electrons. The van der Waals surface area contributed by atoms with Gasteiger partial charge in [-0.1, -0.05) is 20.8 Å². The zero-order valence-corrected chi connectivity index (χ0v) is 18.3. The Hall–Kier alpha value is -1.66. The van der Waals surface area contributed by atoms with Crippen LogP contribution in [0.5, 0.6) is 0 Å². The second-order valence-electron chi connectivity index (χ2n) is 8.27. The number of nitrogen functional groups attached to an aromatic ring is 1. The number of hydrogen-bond acceptors (Lipinski definition) is 11. The van der Waals surface area contributed by atoms with Gasteiger partial charge >= 0.3 is 7.60 Å². The van der Waals surface area contributed by atoms with Crippen LogP contribution >= 0.6 is 7.60 Å². The molecule has 31 heavy (non-hydrogen) atoms. The highest BCUT2D eigenvalue weighted by atomic mass is 31.2. The first-order valence-corrected chi connectivity index (χ1v) is 11.9. The number of anilines is 1. The zero-order chi connectivity index (χ0) is 22.3. The number of nitrogens with zero attached hydrogens (tertiary/aromatic N) is 4. The van der Waals surface area contributed by atoms with Crippen LogP contribution < -0.4 is 5.73 Å². The molecular weight excluding hydrogens is 429 g/mol. The number of fused-ring (bicyclic) bond motifs is 6. The second-order valence-corrected chi connectivity index (χ2v) is 10.3. The lowest BCUT2D eigenvalue weighted by atomic mass is 9.77. The molecule has 2 bridgehead atoms. The molecule has 5 rings (SSSR count). The fourth-order valence-electron chi connectivity index (χ4n) is 4.90. The average molecular weight is 455 g/mol. The Morgan fingerprint density at radius 3 is 2.61 bits per heavy atom. The molecule has 5 N–H and O–H groups in total. The molecule has 7 atom stereocenters. The van der Waals surface area contributed by atoms with Crippen molar-refractivity contribution in [1.82, 2.24) is 19.5 Å². The Morgan fingerprint density at radius 1 is 1.29 bits per heavy atom. The summed E-state index contributed by atoms with van der Waals surface area (Å²) in [4.78, 5) is 12.9. The first kappa shape index (κ1) is 21.2. The van der Waals surface area contributed by atoms with Gasteiger partial charge in [0.15, 0.2) is 23.2 Å². The van der Waals surface area contributed by atoms with Gasteiger partial charge in [0.05, 0.1) is 11.5 Å².